The van der Waals surface area contributed by atoms with Crippen molar-refractivity contribution in [3.8, 4) is 0 Å². The normalized spacial score (nSPS) is 19.3. The van der Waals surface area contributed by atoms with Gasteiger partial charge in [0.1, 0.15) is 5.84 Å². The summed E-state index contributed by atoms with van der Waals surface area (Å²) >= 11 is 0. The summed E-state index contributed by atoms with van der Waals surface area (Å²) in [5.41, 5.74) is 7.99. The van der Waals surface area contributed by atoms with E-state index in [1.807, 2.05) is 12.1 Å². The Balaban J connectivity index is 2.09. The molecule has 1 aliphatic rings. The van der Waals surface area contributed by atoms with E-state index in [-0.39, 0.29) is 5.84 Å². The van der Waals surface area contributed by atoms with Gasteiger partial charge < -0.3 is 10.6 Å². The highest BCUT2D eigenvalue weighted by Crippen LogP contribution is 2.31. The number of hydrogen-bond acceptors (Lipinski definition) is 2. The van der Waals surface area contributed by atoms with Crippen LogP contribution in [0.3, 0.4) is 0 Å². The molecule has 0 aromatic heterocycles. The van der Waals surface area contributed by atoms with Crippen LogP contribution in [0.4, 0.5) is 5.69 Å². The maximum absolute atomic E-state index is 7.40. The van der Waals surface area contributed by atoms with Crippen LogP contribution in [0.1, 0.15) is 38.7 Å². The van der Waals surface area contributed by atoms with E-state index in [2.05, 4.69) is 30.9 Å². The summed E-state index contributed by atoms with van der Waals surface area (Å²) in [5.74, 6) is 0.138. The maximum Gasteiger partial charge on any atom is 0.122 e. The standard InChI is InChI=1S/C15H23N3/c1-15(2)8-3-10-18(11-9-15)13-6-4-12(5-7-13)14(16)17/h4-7H,3,8-11H2,1-2H3,(H3,16,17). The third kappa shape index (κ3) is 3.03. The number of rotatable bonds is 2. The van der Waals surface area contributed by atoms with E-state index >= 15 is 0 Å². The zero-order valence-corrected chi connectivity index (χ0v) is 11.4. The van der Waals surface area contributed by atoms with Gasteiger partial charge in [0.15, 0.2) is 0 Å². The van der Waals surface area contributed by atoms with Crippen molar-refractivity contribution in [1.82, 2.24) is 0 Å². The lowest BCUT2D eigenvalue weighted by Crippen LogP contribution is -2.25. The highest BCUT2D eigenvalue weighted by Gasteiger charge is 2.23. The molecule has 98 valence electrons. The van der Waals surface area contributed by atoms with Crippen LogP contribution in [0.5, 0.6) is 0 Å². The summed E-state index contributed by atoms with van der Waals surface area (Å²) in [7, 11) is 0. The van der Waals surface area contributed by atoms with Crippen LogP contribution in [0.25, 0.3) is 0 Å². The van der Waals surface area contributed by atoms with Gasteiger partial charge in [0.25, 0.3) is 0 Å². The number of hydrogen-bond donors (Lipinski definition) is 2. The molecule has 18 heavy (non-hydrogen) atoms. The lowest BCUT2D eigenvalue weighted by atomic mass is 9.85. The average molecular weight is 245 g/mol. The zero-order chi connectivity index (χ0) is 13.2. The number of nitrogens with zero attached hydrogens (tertiary/aromatic N) is 1. The summed E-state index contributed by atoms with van der Waals surface area (Å²) in [6, 6.07) is 8.03. The fourth-order valence-electron chi connectivity index (χ4n) is 2.53. The van der Waals surface area contributed by atoms with E-state index in [1.54, 1.807) is 0 Å². The molecule has 3 heteroatoms. The van der Waals surface area contributed by atoms with E-state index in [9.17, 15) is 0 Å². The Labute approximate surface area is 109 Å². The van der Waals surface area contributed by atoms with Gasteiger partial charge in [-0.25, -0.2) is 0 Å². The van der Waals surface area contributed by atoms with Crippen LogP contribution in [0.15, 0.2) is 24.3 Å². The van der Waals surface area contributed by atoms with Crippen molar-refractivity contribution in [3.05, 3.63) is 29.8 Å². The van der Waals surface area contributed by atoms with Crippen LogP contribution in [-0.4, -0.2) is 18.9 Å². The lowest BCUT2D eigenvalue weighted by Gasteiger charge is -2.25. The highest BCUT2D eigenvalue weighted by atomic mass is 15.1. The molecule has 0 spiro atoms. The van der Waals surface area contributed by atoms with Gasteiger partial charge in [-0.05, 0) is 48.9 Å². The van der Waals surface area contributed by atoms with Gasteiger partial charge in [-0.3, -0.25) is 5.41 Å². The average Bonchev–Trinajstić information content (AvgIpc) is 2.50. The van der Waals surface area contributed by atoms with Crippen molar-refractivity contribution in [1.29, 1.82) is 5.41 Å². The second-order valence-electron chi connectivity index (χ2n) is 5.97. The van der Waals surface area contributed by atoms with Gasteiger partial charge in [-0.1, -0.05) is 13.8 Å². The Morgan fingerprint density at radius 1 is 1.17 bits per heavy atom. The Morgan fingerprint density at radius 3 is 2.44 bits per heavy atom. The molecule has 1 saturated heterocycles. The monoisotopic (exact) mass is 245 g/mol. The minimum atomic E-state index is 0.138. The first kappa shape index (κ1) is 12.9. The van der Waals surface area contributed by atoms with E-state index < -0.39 is 0 Å². The summed E-state index contributed by atoms with van der Waals surface area (Å²) in [6.07, 6.45) is 3.79. The van der Waals surface area contributed by atoms with Gasteiger partial charge >= 0.3 is 0 Å². The third-order valence-corrected chi connectivity index (χ3v) is 3.88. The van der Waals surface area contributed by atoms with E-state index in [1.165, 1.54) is 24.9 Å². The molecule has 1 fully saturated rings. The molecular weight excluding hydrogens is 222 g/mol. The van der Waals surface area contributed by atoms with E-state index in [0.29, 0.717) is 5.41 Å². The minimum absolute atomic E-state index is 0.138. The van der Waals surface area contributed by atoms with Crippen LogP contribution in [-0.2, 0) is 0 Å². The molecule has 1 heterocycles. The van der Waals surface area contributed by atoms with E-state index in [0.717, 1.165) is 18.7 Å². The second-order valence-corrected chi connectivity index (χ2v) is 5.97. The van der Waals surface area contributed by atoms with Crippen molar-refractivity contribution in [2.75, 3.05) is 18.0 Å². The number of anilines is 1. The van der Waals surface area contributed by atoms with Crippen molar-refractivity contribution in [2.24, 2.45) is 11.1 Å². The molecule has 0 aliphatic carbocycles. The quantitative estimate of drug-likeness (QED) is 0.621. The van der Waals surface area contributed by atoms with Crippen molar-refractivity contribution >= 4 is 11.5 Å². The Kier molecular flexibility index (Phi) is 3.60. The molecule has 1 aromatic carbocycles. The molecule has 1 aliphatic heterocycles. The van der Waals surface area contributed by atoms with Crippen molar-refractivity contribution in [3.63, 3.8) is 0 Å². The smallest absolute Gasteiger partial charge is 0.122 e. The van der Waals surface area contributed by atoms with Gasteiger partial charge in [0.2, 0.25) is 0 Å². The maximum atomic E-state index is 7.40. The summed E-state index contributed by atoms with van der Waals surface area (Å²) in [5, 5.41) is 7.40. The zero-order valence-electron chi connectivity index (χ0n) is 11.4. The van der Waals surface area contributed by atoms with Crippen molar-refractivity contribution < 1.29 is 0 Å². The summed E-state index contributed by atoms with van der Waals surface area (Å²) < 4.78 is 0. The first-order valence-electron chi connectivity index (χ1n) is 6.67. The molecule has 0 unspecified atom stereocenters. The number of nitrogen functional groups attached to an aromatic ring is 1. The molecule has 2 rings (SSSR count). The number of amidine groups is 1. The topological polar surface area (TPSA) is 53.1 Å². The Morgan fingerprint density at radius 2 is 1.83 bits per heavy atom. The molecular formula is C15H23N3. The van der Waals surface area contributed by atoms with E-state index in [4.69, 9.17) is 11.1 Å². The molecule has 3 N–H and O–H groups in total. The molecule has 0 radical (unpaired) electrons. The number of nitrogens with two attached hydrogens (primary N) is 1. The fourth-order valence-corrected chi connectivity index (χ4v) is 2.53. The molecule has 0 amide bonds. The number of nitrogens with one attached hydrogen (secondary N) is 1. The SMILES string of the molecule is CC1(C)CCCN(c2ccc(C(=N)N)cc2)CC1. The predicted molar refractivity (Wildman–Crippen MR) is 77.3 cm³/mol. The molecule has 3 nitrogen and oxygen atoms in total. The highest BCUT2D eigenvalue weighted by molar-refractivity contribution is 5.95. The van der Waals surface area contributed by atoms with Crippen LogP contribution >= 0.6 is 0 Å². The van der Waals surface area contributed by atoms with Gasteiger partial charge in [-0.2, -0.15) is 0 Å². The minimum Gasteiger partial charge on any atom is -0.384 e. The summed E-state index contributed by atoms with van der Waals surface area (Å²) in [4.78, 5) is 2.44. The predicted octanol–water partition coefficient (Wildman–Crippen LogP) is 2.99. The van der Waals surface area contributed by atoms with Crippen molar-refractivity contribution in [2.45, 2.75) is 33.1 Å². The lowest BCUT2D eigenvalue weighted by molar-refractivity contribution is 0.325. The molecule has 0 bridgehead atoms. The van der Waals surface area contributed by atoms with Crippen LogP contribution in [0, 0.1) is 10.8 Å². The summed E-state index contributed by atoms with van der Waals surface area (Å²) in [6.45, 7) is 6.96. The third-order valence-electron chi connectivity index (χ3n) is 3.88. The first-order chi connectivity index (χ1) is 8.48. The largest absolute Gasteiger partial charge is 0.384 e. The fraction of sp³-hybridized carbons (Fsp3) is 0.533. The first-order valence-corrected chi connectivity index (χ1v) is 6.67. The Bertz CT molecular complexity index is 420. The molecule has 0 atom stereocenters. The van der Waals surface area contributed by atoms with Crippen LogP contribution < -0.4 is 10.6 Å². The molecule has 1 aromatic rings. The van der Waals surface area contributed by atoms with Crippen LogP contribution in [0.2, 0.25) is 0 Å². The van der Waals surface area contributed by atoms with Gasteiger partial charge in [0, 0.05) is 24.3 Å². The Hall–Kier alpha value is -1.51. The van der Waals surface area contributed by atoms with Gasteiger partial charge in [-0.15, -0.1) is 0 Å². The second kappa shape index (κ2) is 5.01. The number of benzene rings is 1. The molecule has 0 saturated carbocycles. The van der Waals surface area contributed by atoms with Gasteiger partial charge in [0.05, 0.1) is 0 Å².